The van der Waals surface area contributed by atoms with Gasteiger partial charge < -0.3 is 15.5 Å². The number of amides is 1. The number of fused-ring (bicyclic) bond motifs is 1. The molecule has 2 aliphatic heterocycles. The molecular weight excluding hydrogens is 420 g/mol. The van der Waals surface area contributed by atoms with E-state index >= 15 is 0 Å². The van der Waals surface area contributed by atoms with E-state index in [1.807, 2.05) is 6.07 Å². The van der Waals surface area contributed by atoms with Gasteiger partial charge in [0.2, 0.25) is 5.82 Å². The van der Waals surface area contributed by atoms with Crippen LogP contribution in [0.4, 0.5) is 17.3 Å². The van der Waals surface area contributed by atoms with Gasteiger partial charge in [-0.25, -0.2) is 12.7 Å². The second-order valence-corrected chi connectivity index (χ2v) is 9.02. The average molecular weight is 440 g/mol. The van der Waals surface area contributed by atoms with Crippen molar-refractivity contribution in [2.24, 2.45) is 0 Å². The van der Waals surface area contributed by atoms with Crippen LogP contribution in [-0.4, -0.2) is 60.7 Å². The van der Waals surface area contributed by atoms with Crippen LogP contribution in [0.2, 0.25) is 0 Å². The Bertz CT molecular complexity index is 1240. The number of rotatable bonds is 4. The van der Waals surface area contributed by atoms with Crippen LogP contribution in [0.3, 0.4) is 0 Å². The first-order chi connectivity index (χ1) is 15.0. The van der Waals surface area contributed by atoms with Gasteiger partial charge in [-0.05, 0) is 17.7 Å². The lowest BCUT2D eigenvalue weighted by Crippen LogP contribution is -2.43. The number of anilines is 3. The van der Waals surface area contributed by atoms with Gasteiger partial charge in [0.1, 0.15) is 0 Å². The van der Waals surface area contributed by atoms with Crippen LogP contribution in [0.5, 0.6) is 0 Å². The van der Waals surface area contributed by atoms with E-state index in [-0.39, 0.29) is 23.2 Å². The van der Waals surface area contributed by atoms with Crippen molar-refractivity contribution in [1.29, 1.82) is 0 Å². The second-order valence-electron chi connectivity index (χ2n) is 7.19. The van der Waals surface area contributed by atoms with Gasteiger partial charge in [0.15, 0.2) is 0 Å². The number of sulfonamides is 1. The predicted molar refractivity (Wildman–Crippen MR) is 113 cm³/mol. The summed E-state index contributed by atoms with van der Waals surface area (Å²) in [6.45, 7) is 3.45. The Morgan fingerprint density at radius 1 is 1.13 bits per heavy atom. The Balaban J connectivity index is 1.36. The Kier molecular flexibility index (Phi) is 4.79. The molecule has 12 heteroatoms. The van der Waals surface area contributed by atoms with E-state index in [0.29, 0.717) is 11.3 Å². The summed E-state index contributed by atoms with van der Waals surface area (Å²) in [5.74, 6) is -0.691. The Labute approximate surface area is 178 Å². The van der Waals surface area contributed by atoms with Crippen molar-refractivity contribution in [2.75, 3.05) is 40.7 Å². The van der Waals surface area contributed by atoms with Gasteiger partial charge in [0.25, 0.3) is 21.9 Å². The molecule has 3 N–H and O–H groups in total. The number of carbonyl (C=O) groups excluding carboxylic acids is 1. The van der Waals surface area contributed by atoms with E-state index in [4.69, 9.17) is 0 Å². The standard InChI is InChI=1S/C19H20N8O3S/c28-18(22-14-11-21-6-5-15(14)26-9-7-20-8-10-26)17-23-19(25-24-17)27-12-13-3-1-2-4-16(13)31(27,29)30/h1-6,11,20H,7-10,12H2,(H,22,28)(H,23,24,25). The zero-order valence-corrected chi connectivity index (χ0v) is 17.3. The number of carbonyl (C=O) groups is 1. The number of pyridine rings is 1. The molecule has 0 bridgehead atoms. The highest BCUT2D eigenvalue weighted by atomic mass is 32.2. The molecule has 0 radical (unpaired) electrons. The highest BCUT2D eigenvalue weighted by Gasteiger charge is 2.37. The van der Waals surface area contributed by atoms with E-state index in [1.165, 1.54) is 0 Å². The maximum atomic E-state index is 12.8. The fraction of sp³-hybridized carbons (Fsp3) is 0.263. The van der Waals surface area contributed by atoms with Crippen LogP contribution in [0.15, 0.2) is 47.6 Å². The maximum Gasteiger partial charge on any atom is 0.293 e. The molecule has 2 aliphatic rings. The van der Waals surface area contributed by atoms with Crippen molar-refractivity contribution in [1.82, 2.24) is 25.5 Å². The lowest BCUT2D eigenvalue weighted by Gasteiger charge is -2.30. The third-order valence-corrected chi connectivity index (χ3v) is 7.10. The molecule has 0 spiro atoms. The van der Waals surface area contributed by atoms with Gasteiger partial charge in [-0.15, -0.1) is 5.10 Å². The minimum Gasteiger partial charge on any atom is -0.367 e. The third kappa shape index (κ3) is 3.49. The molecule has 11 nitrogen and oxygen atoms in total. The van der Waals surface area contributed by atoms with Crippen molar-refractivity contribution >= 4 is 33.3 Å². The first-order valence-electron chi connectivity index (χ1n) is 9.78. The zero-order chi connectivity index (χ0) is 21.4. The van der Waals surface area contributed by atoms with Crippen molar-refractivity contribution in [2.45, 2.75) is 11.4 Å². The summed E-state index contributed by atoms with van der Waals surface area (Å²) in [4.78, 5) is 23.4. The molecule has 5 rings (SSSR count). The quantitative estimate of drug-likeness (QED) is 0.536. The number of hydrogen-bond donors (Lipinski definition) is 3. The minimum atomic E-state index is -3.76. The number of nitrogens with one attached hydrogen (secondary N) is 3. The molecule has 0 aliphatic carbocycles. The highest BCUT2D eigenvalue weighted by molar-refractivity contribution is 7.93. The van der Waals surface area contributed by atoms with E-state index < -0.39 is 15.9 Å². The van der Waals surface area contributed by atoms with Gasteiger partial charge in [-0.2, -0.15) is 4.98 Å². The van der Waals surface area contributed by atoms with Crippen molar-refractivity contribution in [3.05, 3.63) is 54.1 Å². The fourth-order valence-corrected chi connectivity index (χ4v) is 5.29. The smallest absolute Gasteiger partial charge is 0.293 e. The van der Waals surface area contributed by atoms with Crippen LogP contribution in [-0.2, 0) is 16.6 Å². The van der Waals surface area contributed by atoms with E-state index in [9.17, 15) is 13.2 Å². The molecule has 4 heterocycles. The van der Waals surface area contributed by atoms with Crippen molar-refractivity contribution in [3.63, 3.8) is 0 Å². The Morgan fingerprint density at radius 2 is 1.94 bits per heavy atom. The number of hydrogen-bond acceptors (Lipinski definition) is 8. The molecule has 3 aromatic rings. The molecule has 31 heavy (non-hydrogen) atoms. The number of aromatic amines is 1. The number of nitrogens with zero attached hydrogens (tertiary/aromatic N) is 5. The van der Waals surface area contributed by atoms with Gasteiger partial charge in [-0.3, -0.25) is 14.9 Å². The SMILES string of the molecule is O=C(Nc1cnccc1N1CCNCC1)c1nc(N2Cc3ccccc3S2(=O)=O)n[nH]1. The molecule has 0 unspecified atom stereocenters. The van der Waals surface area contributed by atoms with Crippen LogP contribution in [0, 0.1) is 0 Å². The highest BCUT2D eigenvalue weighted by Crippen LogP contribution is 2.32. The largest absolute Gasteiger partial charge is 0.367 e. The van der Waals surface area contributed by atoms with Crippen molar-refractivity contribution in [3.8, 4) is 0 Å². The Morgan fingerprint density at radius 3 is 2.74 bits per heavy atom. The number of H-pyrrole nitrogens is 1. The summed E-state index contributed by atoms with van der Waals surface area (Å²) in [5, 5.41) is 12.6. The fourth-order valence-electron chi connectivity index (χ4n) is 3.74. The minimum absolute atomic E-state index is 0.0742. The predicted octanol–water partition coefficient (Wildman–Crippen LogP) is 0.570. The molecule has 2 aromatic heterocycles. The molecule has 1 aromatic carbocycles. The van der Waals surface area contributed by atoms with Crippen LogP contribution in [0.25, 0.3) is 0 Å². The molecular formula is C19H20N8O3S. The molecule has 1 fully saturated rings. The van der Waals surface area contributed by atoms with Crippen LogP contribution >= 0.6 is 0 Å². The van der Waals surface area contributed by atoms with E-state index in [1.54, 1.807) is 36.7 Å². The van der Waals surface area contributed by atoms with Gasteiger partial charge in [-0.1, -0.05) is 18.2 Å². The third-order valence-electron chi connectivity index (χ3n) is 5.27. The normalized spacial score (nSPS) is 17.4. The Hall–Kier alpha value is -3.51. The zero-order valence-electron chi connectivity index (χ0n) is 16.4. The molecule has 160 valence electrons. The van der Waals surface area contributed by atoms with Crippen LogP contribution < -0.4 is 19.8 Å². The second kappa shape index (κ2) is 7.63. The molecule has 1 saturated heterocycles. The number of benzene rings is 1. The van der Waals surface area contributed by atoms with Crippen LogP contribution in [0.1, 0.15) is 16.2 Å². The van der Waals surface area contributed by atoms with Crippen molar-refractivity contribution < 1.29 is 13.2 Å². The molecule has 1 amide bonds. The summed E-state index contributed by atoms with van der Waals surface area (Å²) in [5.41, 5.74) is 2.07. The van der Waals surface area contributed by atoms with E-state index in [0.717, 1.165) is 36.2 Å². The first-order valence-corrected chi connectivity index (χ1v) is 11.2. The summed E-state index contributed by atoms with van der Waals surface area (Å²) >= 11 is 0. The van der Waals surface area contributed by atoms with Gasteiger partial charge >= 0.3 is 0 Å². The molecule has 0 saturated carbocycles. The summed E-state index contributed by atoms with van der Waals surface area (Å²) in [6.07, 6.45) is 3.25. The van der Waals surface area contributed by atoms with Gasteiger partial charge in [0.05, 0.1) is 29.0 Å². The topological polar surface area (TPSA) is 136 Å². The summed E-state index contributed by atoms with van der Waals surface area (Å²) in [6, 6.07) is 8.58. The number of aromatic nitrogens is 4. The summed E-state index contributed by atoms with van der Waals surface area (Å²) in [7, 11) is -3.76. The van der Waals surface area contributed by atoms with E-state index in [2.05, 4.69) is 35.7 Å². The lowest BCUT2D eigenvalue weighted by atomic mass is 10.2. The number of piperazine rings is 1. The monoisotopic (exact) mass is 440 g/mol. The first kappa shape index (κ1) is 19.5. The lowest BCUT2D eigenvalue weighted by molar-refractivity contribution is 0.101. The summed E-state index contributed by atoms with van der Waals surface area (Å²) < 4.78 is 26.7. The maximum absolute atomic E-state index is 12.8. The molecule has 0 atom stereocenters. The average Bonchev–Trinajstić information content (AvgIpc) is 3.38. The van der Waals surface area contributed by atoms with Gasteiger partial charge in [0, 0.05) is 32.4 Å².